The van der Waals surface area contributed by atoms with Gasteiger partial charge in [0.1, 0.15) is 0 Å². The van der Waals surface area contributed by atoms with E-state index in [4.69, 9.17) is 11.6 Å². The van der Waals surface area contributed by atoms with E-state index < -0.39 is 0 Å². The van der Waals surface area contributed by atoms with E-state index in [9.17, 15) is 0 Å². The Bertz CT molecular complexity index is 991. The fourth-order valence-electron chi connectivity index (χ4n) is 3.38. The largest absolute Gasteiger partial charge is 0.311 e. The first kappa shape index (κ1) is 17.2. The topological polar surface area (TPSA) is 17.2 Å². The summed E-state index contributed by atoms with van der Waals surface area (Å²) in [7, 11) is 0. The molecule has 0 saturated carbocycles. The van der Waals surface area contributed by atoms with Crippen molar-refractivity contribution in [2.24, 2.45) is 0 Å². The second-order valence-corrected chi connectivity index (χ2v) is 7.57. The van der Waals surface area contributed by atoms with E-state index in [-0.39, 0.29) is 5.54 Å². The minimum absolute atomic E-state index is 0.367. The predicted molar refractivity (Wildman–Crippen MR) is 106 cm³/mol. The van der Waals surface area contributed by atoms with Crippen LogP contribution in [0.3, 0.4) is 0 Å². The number of nitrogens with zero attached hydrogens (tertiary/aromatic N) is 2. The van der Waals surface area contributed by atoms with Crippen molar-refractivity contribution in [3.05, 3.63) is 76.3 Å². The highest BCUT2D eigenvalue weighted by Crippen LogP contribution is 2.32. The van der Waals surface area contributed by atoms with Gasteiger partial charge < -0.3 is 4.85 Å². The van der Waals surface area contributed by atoms with Gasteiger partial charge in [-0.2, -0.15) is 0 Å². The van der Waals surface area contributed by atoms with Crippen LogP contribution in [-0.2, 0) is 6.42 Å². The normalized spacial score (nSPS) is 11.5. The van der Waals surface area contributed by atoms with Crippen molar-refractivity contribution in [3.63, 3.8) is 0 Å². The molecule has 0 spiro atoms. The molecule has 0 N–H and O–H groups in total. The van der Waals surface area contributed by atoms with Crippen LogP contribution in [-0.4, -0.2) is 10.5 Å². The molecule has 2 aromatic carbocycles. The van der Waals surface area contributed by atoms with Crippen molar-refractivity contribution in [1.82, 2.24) is 4.98 Å². The molecule has 25 heavy (non-hydrogen) atoms. The monoisotopic (exact) mass is 328 g/mol. The molecule has 0 saturated heterocycles. The summed E-state index contributed by atoms with van der Waals surface area (Å²) in [6, 6.07) is 13.0. The van der Waals surface area contributed by atoms with Gasteiger partial charge in [0.15, 0.2) is 0 Å². The van der Waals surface area contributed by atoms with Gasteiger partial charge in [-0.3, -0.25) is 4.98 Å². The Morgan fingerprint density at radius 3 is 2.52 bits per heavy atom. The molecule has 0 aliphatic rings. The number of hydrogen-bond acceptors (Lipinski definition) is 1. The van der Waals surface area contributed by atoms with Gasteiger partial charge >= 0.3 is 0 Å². The zero-order chi connectivity index (χ0) is 18.2. The van der Waals surface area contributed by atoms with Gasteiger partial charge in [0.25, 0.3) is 0 Å². The maximum atomic E-state index is 7.34. The molecular formula is C23H24N2. The molecule has 0 aliphatic heterocycles. The maximum absolute atomic E-state index is 7.34. The molecule has 0 fully saturated rings. The summed E-state index contributed by atoms with van der Waals surface area (Å²) in [6.07, 6.45) is 2.64. The van der Waals surface area contributed by atoms with Crippen LogP contribution in [0.4, 0.5) is 0 Å². The molecule has 126 valence electrons. The van der Waals surface area contributed by atoms with Gasteiger partial charge in [-0.05, 0) is 55.0 Å². The SMILES string of the molecule is [C-]#[N+]C(C)(C)Cc1ccc2c(-c3cc(C)cc(C)c3C)nccc2c1. The number of rotatable bonds is 3. The molecule has 3 aromatic rings. The van der Waals surface area contributed by atoms with Crippen LogP contribution in [0.5, 0.6) is 0 Å². The maximum Gasteiger partial charge on any atom is 0.231 e. The molecule has 2 heteroatoms. The first-order valence-corrected chi connectivity index (χ1v) is 8.65. The lowest BCUT2D eigenvalue weighted by Crippen LogP contribution is -2.17. The molecule has 2 nitrogen and oxygen atoms in total. The van der Waals surface area contributed by atoms with Crippen LogP contribution in [0.25, 0.3) is 26.9 Å². The third-order valence-corrected chi connectivity index (χ3v) is 4.84. The van der Waals surface area contributed by atoms with E-state index >= 15 is 0 Å². The minimum atomic E-state index is -0.367. The molecule has 0 unspecified atom stereocenters. The Morgan fingerprint density at radius 1 is 1.04 bits per heavy atom. The highest BCUT2D eigenvalue weighted by atomic mass is 14.8. The molecule has 0 atom stereocenters. The fourth-order valence-corrected chi connectivity index (χ4v) is 3.38. The summed E-state index contributed by atoms with van der Waals surface area (Å²) in [5.41, 5.74) is 6.91. The Labute approximate surface area is 150 Å². The molecule has 0 radical (unpaired) electrons. The predicted octanol–water partition coefficient (Wildman–Crippen LogP) is 6.07. The highest BCUT2D eigenvalue weighted by Gasteiger charge is 2.23. The van der Waals surface area contributed by atoms with Crippen molar-refractivity contribution in [2.75, 3.05) is 0 Å². The van der Waals surface area contributed by atoms with Crippen LogP contribution in [0.2, 0.25) is 0 Å². The number of benzene rings is 2. The first-order chi connectivity index (χ1) is 11.8. The van der Waals surface area contributed by atoms with E-state index in [1.165, 1.54) is 38.6 Å². The number of aryl methyl sites for hydroxylation is 2. The summed E-state index contributed by atoms with van der Waals surface area (Å²) in [4.78, 5) is 8.42. The van der Waals surface area contributed by atoms with E-state index in [0.717, 1.165) is 12.1 Å². The van der Waals surface area contributed by atoms with Crippen molar-refractivity contribution < 1.29 is 0 Å². The summed E-state index contributed by atoms with van der Waals surface area (Å²) in [5.74, 6) is 0. The summed E-state index contributed by atoms with van der Waals surface area (Å²) in [5, 5.41) is 2.35. The Hall–Kier alpha value is -2.66. The average Bonchev–Trinajstić information content (AvgIpc) is 2.57. The highest BCUT2D eigenvalue weighted by molar-refractivity contribution is 5.95. The molecule has 3 rings (SSSR count). The van der Waals surface area contributed by atoms with Crippen molar-refractivity contribution in [2.45, 2.75) is 46.6 Å². The number of aromatic nitrogens is 1. The molecule has 0 bridgehead atoms. The Kier molecular flexibility index (Phi) is 4.35. The Balaban J connectivity index is 2.15. The van der Waals surface area contributed by atoms with Crippen LogP contribution >= 0.6 is 0 Å². The molecular weight excluding hydrogens is 304 g/mol. The number of pyridine rings is 1. The second-order valence-electron chi connectivity index (χ2n) is 7.57. The van der Waals surface area contributed by atoms with Gasteiger partial charge in [-0.15, -0.1) is 0 Å². The lowest BCUT2D eigenvalue weighted by molar-refractivity contribution is 0.610. The van der Waals surface area contributed by atoms with Gasteiger partial charge in [0.05, 0.1) is 12.1 Å². The van der Waals surface area contributed by atoms with Crippen LogP contribution in [0, 0.1) is 27.3 Å². The summed E-state index contributed by atoms with van der Waals surface area (Å²) in [6.45, 7) is 17.8. The van der Waals surface area contributed by atoms with Crippen LogP contribution in [0.15, 0.2) is 42.6 Å². The van der Waals surface area contributed by atoms with Gasteiger partial charge in [0, 0.05) is 31.0 Å². The number of hydrogen-bond donors (Lipinski definition) is 0. The molecule has 1 heterocycles. The van der Waals surface area contributed by atoms with E-state index in [2.05, 4.69) is 62.0 Å². The Morgan fingerprint density at radius 2 is 1.80 bits per heavy atom. The first-order valence-electron chi connectivity index (χ1n) is 8.65. The van der Waals surface area contributed by atoms with Crippen LogP contribution < -0.4 is 0 Å². The average molecular weight is 328 g/mol. The second kappa shape index (κ2) is 6.33. The van der Waals surface area contributed by atoms with Gasteiger partial charge in [-0.1, -0.05) is 29.8 Å². The summed E-state index contributed by atoms with van der Waals surface area (Å²) < 4.78 is 0. The zero-order valence-corrected chi connectivity index (χ0v) is 15.6. The molecule has 0 amide bonds. The molecule has 1 aromatic heterocycles. The van der Waals surface area contributed by atoms with Crippen LogP contribution in [0.1, 0.15) is 36.1 Å². The lowest BCUT2D eigenvalue weighted by atomic mass is 9.92. The molecule has 0 aliphatic carbocycles. The lowest BCUT2D eigenvalue weighted by Gasteiger charge is -2.14. The fraction of sp³-hybridized carbons (Fsp3) is 0.304. The van der Waals surface area contributed by atoms with E-state index in [0.29, 0.717) is 0 Å². The number of fused-ring (bicyclic) bond motifs is 1. The van der Waals surface area contributed by atoms with Gasteiger partial charge in [-0.25, -0.2) is 6.57 Å². The summed E-state index contributed by atoms with van der Waals surface area (Å²) >= 11 is 0. The minimum Gasteiger partial charge on any atom is -0.311 e. The van der Waals surface area contributed by atoms with Crippen molar-refractivity contribution >= 4 is 10.8 Å². The van der Waals surface area contributed by atoms with E-state index in [1.807, 2.05) is 20.0 Å². The van der Waals surface area contributed by atoms with Crippen molar-refractivity contribution in [1.29, 1.82) is 0 Å². The van der Waals surface area contributed by atoms with Gasteiger partial charge in [0.2, 0.25) is 5.54 Å². The standard InChI is InChI=1S/C23H24N2/c1-15-11-16(2)17(3)21(12-15)22-20-8-7-18(14-23(4,5)24-6)13-19(20)9-10-25-22/h7-13H,14H2,1-5H3. The van der Waals surface area contributed by atoms with E-state index in [1.54, 1.807) is 0 Å². The smallest absolute Gasteiger partial charge is 0.231 e. The van der Waals surface area contributed by atoms with Crippen molar-refractivity contribution in [3.8, 4) is 11.3 Å². The quantitative estimate of drug-likeness (QED) is 0.534. The zero-order valence-electron chi connectivity index (χ0n) is 15.6. The third-order valence-electron chi connectivity index (χ3n) is 4.84. The third kappa shape index (κ3) is 3.42.